The van der Waals surface area contributed by atoms with Gasteiger partial charge in [0.05, 0.1) is 6.54 Å². The van der Waals surface area contributed by atoms with Crippen LogP contribution >= 0.6 is 0 Å². The van der Waals surface area contributed by atoms with E-state index in [0.29, 0.717) is 22.5 Å². The Kier molecular flexibility index (Phi) is 7.26. The summed E-state index contributed by atoms with van der Waals surface area (Å²) in [4.78, 5) is 69.4. The van der Waals surface area contributed by atoms with Crippen LogP contribution in [0.3, 0.4) is 0 Å². The van der Waals surface area contributed by atoms with Gasteiger partial charge >= 0.3 is 18.2 Å². The number of ketones is 1. The summed E-state index contributed by atoms with van der Waals surface area (Å²) >= 11 is 0. The molecule has 0 radical (unpaired) electrons. The lowest BCUT2D eigenvalue weighted by Gasteiger charge is -2.32. The fourth-order valence-corrected chi connectivity index (χ4v) is 4.31. The van der Waals surface area contributed by atoms with Crippen LogP contribution in [-0.4, -0.2) is 38.2 Å². The van der Waals surface area contributed by atoms with Crippen LogP contribution in [0.25, 0.3) is 0 Å². The highest BCUT2D eigenvalue weighted by atomic mass is 16.6. The summed E-state index contributed by atoms with van der Waals surface area (Å²) in [5.74, 6) is -1.24. The third-order valence-corrected chi connectivity index (χ3v) is 6.14. The van der Waals surface area contributed by atoms with Crippen LogP contribution in [0.5, 0.6) is 0 Å². The molecule has 4 heterocycles. The normalized spacial score (nSPS) is 16.3. The minimum atomic E-state index is -1.12. The number of nitrogens with one attached hydrogen (secondary N) is 2. The molecule has 0 aliphatic carbocycles. The van der Waals surface area contributed by atoms with Gasteiger partial charge in [-0.25, -0.2) is 9.59 Å². The van der Waals surface area contributed by atoms with E-state index < -0.39 is 41.5 Å². The summed E-state index contributed by atoms with van der Waals surface area (Å²) in [5, 5.41) is 13.6. The number of cyclic esters (lactones) is 2. The second-order valence-corrected chi connectivity index (χ2v) is 10.1. The van der Waals surface area contributed by atoms with Gasteiger partial charge in [-0.05, 0) is 60.6 Å². The summed E-state index contributed by atoms with van der Waals surface area (Å²) in [5.41, 5.74) is -0.129. The van der Waals surface area contributed by atoms with Gasteiger partial charge in [0.25, 0.3) is 11.1 Å². The van der Waals surface area contributed by atoms with Gasteiger partial charge in [0, 0.05) is 22.5 Å². The first-order valence-electron chi connectivity index (χ1n) is 11.7. The molecule has 4 rings (SSSR count). The third kappa shape index (κ3) is 5.45. The maximum Gasteiger partial charge on any atom is 0.412 e. The number of ether oxygens (including phenoxy) is 2. The Labute approximate surface area is 217 Å². The first-order valence-corrected chi connectivity index (χ1v) is 11.7. The number of carbonyl (C=O) groups is 4. The number of nitrogens with zero attached hydrogens (tertiary/aromatic N) is 2. The molecule has 0 saturated heterocycles. The Morgan fingerprint density at radius 2 is 1.16 bits per heavy atom. The van der Waals surface area contributed by atoms with Crippen molar-refractivity contribution in [2.45, 2.75) is 72.8 Å². The lowest BCUT2D eigenvalue weighted by molar-refractivity contribution is -0.137. The molecule has 204 valence electrons. The molecular weight excluding hydrogens is 500 g/mol. The first-order chi connectivity index (χ1) is 17.4. The predicted octanol–water partition coefficient (Wildman–Crippen LogP) is 2.58. The van der Waals surface area contributed by atoms with Gasteiger partial charge in [-0.3, -0.25) is 34.4 Å². The molecule has 0 spiro atoms. The zero-order valence-electron chi connectivity index (χ0n) is 22.2. The van der Waals surface area contributed by atoms with Crippen LogP contribution in [-0.2, 0) is 43.4 Å². The Morgan fingerprint density at radius 3 is 1.50 bits per heavy atom. The summed E-state index contributed by atoms with van der Waals surface area (Å²) in [7, 11) is 0. The number of aromatic nitrogens is 2. The number of anilines is 2. The molecular formula is C25H30N4O9. The van der Waals surface area contributed by atoms with Crippen molar-refractivity contribution >= 4 is 35.3 Å². The quantitative estimate of drug-likeness (QED) is 0.536. The molecule has 0 bridgehead atoms. The number of hydrogen-bond acceptors (Lipinski definition) is 8. The highest BCUT2D eigenvalue weighted by molar-refractivity contribution is 5.89. The van der Waals surface area contributed by atoms with Gasteiger partial charge in [0.2, 0.25) is 0 Å². The van der Waals surface area contributed by atoms with Crippen molar-refractivity contribution in [1.29, 1.82) is 0 Å². The average molecular weight is 531 g/mol. The summed E-state index contributed by atoms with van der Waals surface area (Å²) in [6, 6.07) is 3.41. The molecule has 2 aromatic heterocycles. The molecule has 38 heavy (non-hydrogen) atoms. The van der Waals surface area contributed by atoms with Gasteiger partial charge in [-0.15, -0.1) is 0 Å². The SMILES string of the molecule is CC(=O)Cn1c(C)cc2c(c1=O)NC(=O)OC2(C)C.Cc1cc2c(c(=O)n1CC(=O)O)NC(=O)OC2(C)C. The standard InChI is InChI=1S/C13H16N2O4.C12H14N2O5/c1-7-5-9-10(11(17)15(7)6-8(2)16)14-12(18)19-13(9,3)4;1-6-4-7-9(10(17)14(6)5-8(15)16)13-11(18)19-12(7,2)3/h5H,6H2,1-4H3,(H,14,18);4H,5H2,1-3H3,(H,13,18)(H,15,16). The summed E-state index contributed by atoms with van der Waals surface area (Å²) < 4.78 is 12.7. The lowest BCUT2D eigenvalue weighted by atomic mass is 9.95. The lowest BCUT2D eigenvalue weighted by Crippen LogP contribution is -2.40. The van der Waals surface area contributed by atoms with Crippen molar-refractivity contribution in [3.8, 4) is 0 Å². The molecule has 0 atom stereocenters. The van der Waals surface area contributed by atoms with Crippen LogP contribution < -0.4 is 21.8 Å². The van der Waals surface area contributed by atoms with E-state index in [1.807, 2.05) is 0 Å². The zero-order chi connectivity index (χ0) is 28.7. The van der Waals surface area contributed by atoms with Crippen LogP contribution in [0.15, 0.2) is 21.7 Å². The number of fused-ring (bicyclic) bond motifs is 2. The van der Waals surface area contributed by atoms with E-state index in [4.69, 9.17) is 14.6 Å². The summed E-state index contributed by atoms with van der Waals surface area (Å²) in [6.45, 7) is 11.1. The topological polar surface area (TPSA) is 175 Å². The maximum absolute atomic E-state index is 12.3. The van der Waals surface area contributed by atoms with Gasteiger partial charge in [0.1, 0.15) is 34.9 Å². The van der Waals surface area contributed by atoms with Crippen molar-refractivity contribution in [2.75, 3.05) is 10.6 Å². The molecule has 0 unspecified atom stereocenters. The number of aryl methyl sites for hydroxylation is 2. The smallest absolute Gasteiger partial charge is 0.412 e. The molecule has 0 saturated carbocycles. The second-order valence-electron chi connectivity index (χ2n) is 10.1. The number of carbonyl (C=O) groups excluding carboxylic acids is 3. The van der Waals surface area contributed by atoms with E-state index in [-0.39, 0.29) is 29.3 Å². The number of hydrogen-bond donors (Lipinski definition) is 3. The van der Waals surface area contributed by atoms with Gasteiger partial charge in [0.15, 0.2) is 0 Å². The van der Waals surface area contributed by atoms with Crippen LogP contribution in [0.1, 0.15) is 57.1 Å². The number of carboxylic acid groups (broad SMARTS) is 1. The van der Waals surface area contributed by atoms with E-state index in [1.165, 1.54) is 11.5 Å². The molecule has 0 aromatic carbocycles. The maximum atomic E-state index is 12.3. The summed E-state index contributed by atoms with van der Waals surface area (Å²) in [6.07, 6.45) is -1.38. The molecule has 2 aliphatic heterocycles. The number of rotatable bonds is 4. The number of aliphatic carboxylic acids is 1. The van der Waals surface area contributed by atoms with Gasteiger partial charge in [-0.1, -0.05) is 0 Å². The molecule has 3 N–H and O–H groups in total. The fourth-order valence-electron chi connectivity index (χ4n) is 4.31. The molecule has 2 aliphatic rings. The van der Waals surface area contributed by atoms with E-state index >= 15 is 0 Å². The Balaban J connectivity index is 0.000000211. The van der Waals surface area contributed by atoms with Crippen molar-refractivity contribution in [3.05, 3.63) is 55.4 Å². The molecule has 13 heteroatoms. The zero-order valence-corrected chi connectivity index (χ0v) is 22.2. The van der Waals surface area contributed by atoms with E-state index in [2.05, 4.69) is 10.6 Å². The van der Waals surface area contributed by atoms with Gasteiger partial charge < -0.3 is 19.1 Å². The Bertz CT molecular complexity index is 1370. The molecule has 0 fully saturated rings. The average Bonchev–Trinajstić information content (AvgIpc) is 2.75. The van der Waals surface area contributed by atoms with E-state index in [9.17, 15) is 28.8 Å². The monoisotopic (exact) mass is 530 g/mol. The minimum absolute atomic E-state index is 0.00486. The highest BCUT2D eigenvalue weighted by Gasteiger charge is 2.37. The van der Waals surface area contributed by atoms with Crippen molar-refractivity contribution in [2.24, 2.45) is 0 Å². The molecule has 2 aromatic rings. The number of carboxylic acids is 1. The van der Waals surface area contributed by atoms with Gasteiger partial charge in [-0.2, -0.15) is 0 Å². The van der Waals surface area contributed by atoms with Crippen molar-refractivity contribution in [1.82, 2.24) is 9.13 Å². The first kappa shape index (κ1) is 28.2. The van der Waals surface area contributed by atoms with Crippen LogP contribution in [0.2, 0.25) is 0 Å². The number of Topliss-reactive ketones (excluding diaryl/α,β-unsaturated/α-hetero) is 1. The highest BCUT2D eigenvalue weighted by Crippen LogP contribution is 2.35. The largest absolute Gasteiger partial charge is 0.480 e. The predicted molar refractivity (Wildman–Crippen MR) is 135 cm³/mol. The second kappa shape index (κ2) is 9.80. The number of pyridine rings is 2. The van der Waals surface area contributed by atoms with Crippen molar-refractivity contribution < 1.29 is 33.8 Å². The van der Waals surface area contributed by atoms with Crippen LogP contribution in [0, 0.1) is 13.8 Å². The molecule has 13 nitrogen and oxygen atoms in total. The molecule has 2 amide bonds. The minimum Gasteiger partial charge on any atom is -0.480 e. The fraction of sp³-hybridized carbons (Fsp3) is 0.440. The van der Waals surface area contributed by atoms with Crippen molar-refractivity contribution in [3.63, 3.8) is 0 Å². The van der Waals surface area contributed by atoms with Crippen LogP contribution in [0.4, 0.5) is 21.0 Å². The number of amides is 2. The Morgan fingerprint density at radius 1 is 0.789 bits per heavy atom. The third-order valence-electron chi connectivity index (χ3n) is 6.14. The van der Waals surface area contributed by atoms with E-state index in [0.717, 1.165) is 4.57 Å². The van der Waals surface area contributed by atoms with E-state index in [1.54, 1.807) is 53.7 Å². The Hall–Kier alpha value is -4.42.